The molecule has 47 heavy (non-hydrogen) atoms. The molecule has 8 nitrogen and oxygen atoms in total. The van der Waals surface area contributed by atoms with E-state index in [1.54, 1.807) is 74.2 Å². The second kappa shape index (κ2) is 11.9. The normalized spacial score (nSPS) is 35.5. The zero-order valence-corrected chi connectivity index (χ0v) is 27.4. The zero-order chi connectivity index (χ0) is 33.8. The van der Waals surface area contributed by atoms with E-state index < -0.39 is 58.6 Å². The Morgan fingerprint density at radius 3 is 2.49 bits per heavy atom. The quantitative estimate of drug-likeness (QED) is 0.261. The highest BCUT2D eigenvalue weighted by Gasteiger charge is 2.76. The van der Waals surface area contributed by atoms with Crippen LogP contribution in [0.25, 0.3) is 0 Å². The number of nitriles is 1. The van der Waals surface area contributed by atoms with Crippen LogP contribution in [0.5, 0.6) is 5.75 Å². The second-order valence-corrected chi connectivity index (χ2v) is 14.8. The first-order chi connectivity index (χ1) is 22.3. The number of allylic oxidation sites excluding steroid dienone is 4. The molecule has 4 aliphatic rings. The number of carbonyl (C=O) groups is 3. The number of benzene rings is 2. The third kappa shape index (κ3) is 5.10. The van der Waals surface area contributed by atoms with Crippen LogP contribution in [0.4, 0.5) is 4.39 Å². The number of alkyl halides is 1. The van der Waals surface area contributed by atoms with E-state index >= 15 is 4.39 Å². The van der Waals surface area contributed by atoms with Gasteiger partial charge in [-0.15, -0.1) is 11.8 Å². The average Bonchev–Trinajstić information content (AvgIpc) is 3.34. The average molecular weight is 660 g/mol. The minimum atomic E-state index is -2.13. The van der Waals surface area contributed by atoms with Gasteiger partial charge in [0.1, 0.15) is 11.8 Å². The van der Waals surface area contributed by atoms with Gasteiger partial charge >= 0.3 is 11.9 Å². The van der Waals surface area contributed by atoms with Crippen molar-refractivity contribution in [1.29, 1.82) is 5.26 Å². The van der Waals surface area contributed by atoms with Gasteiger partial charge in [-0.3, -0.25) is 4.79 Å². The van der Waals surface area contributed by atoms with Crippen LogP contribution >= 0.6 is 11.8 Å². The Morgan fingerprint density at radius 1 is 1.11 bits per heavy atom. The van der Waals surface area contributed by atoms with Crippen LogP contribution in [0.2, 0.25) is 0 Å². The molecule has 246 valence electrons. The molecule has 0 saturated heterocycles. The van der Waals surface area contributed by atoms with Crippen molar-refractivity contribution in [3.63, 3.8) is 0 Å². The number of ketones is 1. The summed E-state index contributed by atoms with van der Waals surface area (Å²) >= 11 is 1.57. The van der Waals surface area contributed by atoms with Crippen LogP contribution in [-0.2, 0) is 24.8 Å². The van der Waals surface area contributed by atoms with Gasteiger partial charge in [0, 0.05) is 27.4 Å². The van der Waals surface area contributed by atoms with E-state index in [4.69, 9.17) is 9.47 Å². The molecule has 2 aromatic rings. The van der Waals surface area contributed by atoms with Gasteiger partial charge in [0.2, 0.25) is 5.60 Å². The number of nitrogens with zero attached hydrogens (tertiary/aromatic N) is 1. The first kappa shape index (κ1) is 33.0. The largest absolute Gasteiger partial charge is 0.508 e. The Kier molecular flexibility index (Phi) is 8.38. The second-order valence-electron chi connectivity index (χ2n) is 13.8. The van der Waals surface area contributed by atoms with E-state index in [0.29, 0.717) is 24.2 Å². The van der Waals surface area contributed by atoms with Crippen LogP contribution in [0.15, 0.2) is 77.2 Å². The summed E-state index contributed by atoms with van der Waals surface area (Å²) in [7, 11) is 0. The molecule has 10 heteroatoms. The maximum atomic E-state index is 17.7. The van der Waals surface area contributed by atoms with Crippen molar-refractivity contribution in [2.45, 2.75) is 74.5 Å². The molecule has 0 radical (unpaired) electrons. The van der Waals surface area contributed by atoms with E-state index in [-0.39, 0.29) is 35.9 Å². The molecular formula is C37H38FNO7S. The molecule has 3 saturated carbocycles. The summed E-state index contributed by atoms with van der Waals surface area (Å²) in [6.45, 7) is 4.89. The van der Waals surface area contributed by atoms with Crippen LogP contribution < -0.4 is 0 Å². The molecule has 0 bridgehead atoms. The Balaban J connectivity index is 1.29. The van der Waals surface area contributed by atoms with Crippen LogP contribution in [-0.4, -0.2) is 51.9 Å². The number of hydrogen-bond acceptors (Lipinski definition) is 9. The number of hydrogen-bond donors (Lipinski definition) is 2. The first-order valence-electron chi connectivity index (χ1n) is 15.9. The lowest BCUT2D eigenvalue weighted by molar-refractivity contribution is -0.227. The maximum absolute atomic E-state index is 17.7. The number of fused-ring (bicyclic) bond motifs is 5. The lowest BCUT2D eigenvalue weighted by Gasteiger charge is -2.63. The number of phenolic OH excluding ortho intramolecular Hbond substituents is 1. The molecule has 5 unspecified atom stereocenters. The van der Waals surface area contributed by atoms with Gasteiger partial charge in [-0.1, -0.05) is 37.6 Å². The predicted molar refractivity (Wildman–Crippen MR) is 172 cm³/mol. The highest BCUT2D eigenvalue weighted by molar-refractivity contribution is 7.98. The molecule has 8 atom stereocenters. The predicted octanol–water partition coefficient (Wildman–Crippen LogP) is 6.26. The van der Waals surface area contributed by atoms with Crippen LogP contribution in [0, 0.1) is 39.9 Å². The summed E-state index contributed by atoms with van der Waals surface area (Å²) in [5.41, 5.74) is -4.62. The van der Waals surface area contributed by atoms with Crippen molar-refractivity contribution in [2.75, 3.05) is 6.61 Å². The third-order valence-corrected chi connectivity index (χ3v) is 12.5. The van der Waals surface area contributed by atoms with E-state index in [1.165, 1.54) is 12.2 Å². The van der Waals surface area contributed by atoms with Crippen LogP contribution in [0.1, 0.15) is 62.4 Å². The number of rotatable bonds is 7. The Morgan fingerprint density at radius 2 is 1.81 bits per heavy atom. The van der Waals surface area contributed by atoms with Gasteiger partial charge in [0.05, 0.1) is 11.7 Å². The summed E-state index contributed by atoms with van der Waals surface area (Å²) in [6.07, 6.45) is 3.42. The van der Waals surface area contributed by atoms with E-state index in [9.17, 15) is 29.9 Å². The molecule has 2 N–H and O–H groups in total. The summed E-state index contributed by atoms with van der Waals surface area (Å²) in [6, 6.07) is 15.5. The molecular weight excluding hydrogens is 621 g/mol. The molecule has 0 aromatic heterocycles. The summed E-state index contributed by atoms with van der Waals surface area (Å²) in [5, 5.41) is 30.5. The van der Waals surface area contributed by atoms with Gasteiger partial charge in [-0.05, 0) is 98.6 Å². The van der Waals surface area contributed by atoms with Gasteiger partial charge in [0.25, 0.3) is 0 Å². The van der Waals surface area contributed by atoms with Crippen molar-refractivity contribution < 1.29 is 38.5 Å². The van der Waals surface area contributed by atoms with E-state index in [2.05, 4.69) is 0 Å². The van der Waals surface area contributed by atoms with E-state index in [0.717, 1.165) is 10.5 Å². The van der Waals surface area contributed by atoms with Gasteiger partial charge in [0.15, 0.2) is 18.1 Å². The smallest absolute Gasteiger partial charge is 0.352 e. The van der Waals surface area contributed by atoms with Crippen molar-refractivity contribution in [1.82, 2.24) is 0 Å². The summed E-state index contributed by atoms with van der Waals surface area (Å²) in [4.78, 5) is 40.9. The van der Waals surface area contributed by atoms with Crippen molar-refractivity contribution >= 4 is 29.5 Å². The lowest BCUT2D eigenvalue weighted by atomic mass is 9.43. The number of thioether (sulfide) groups is 1. The molecule has 3 fully saturated rings. The van der Waals surface area contributed by atoms with E-state index in [1.807, 2.05) is 19.1 Å². The Bertz CT molecular complexity index is 1700. The third-order valence-electron chi connectivity index (χ3n) is 11.4. The minimum absolute atomic E-state index is 0.0486. The molecule has 0 spiro atoms. The number of ether oxygens (including phenoxy) is 2. The monoisotopic (exact) mass is 659 g/mol. The fraction of sp³-hybridized carbons (Fsp3) is 0.459. The molecule has 0 amide bonds. The fourth-order valence-electron chi connectivity index (χ4n) is 9.01. The Labute approximate surface area is 277 Å². The molecule has 2 aromatic carbocycles. The van der Waals surface area contributed by atoms with Crippen LogP contribution in [0.3, 0.4) is 0 Å². The SMILES string of the molecule is C[C@H]1CC2C3CC[C@](OC(=O)c4ccc(CSc5ccc(O)cc5)cc4)(C(=O)OCC#N)C3(C)CC(O)[C@]2(F)C2(C)C=CC(=O)C=C12. The maximum Gasteiger partial charge on any atom is 0.352 e. The molecule has 6 rings (SSSR count). The number of aromatic hydroxyl groups is 1. The zero-order valence-electron chi connectivity index (χ0n) is 26.6. The number of phenols is 1. The topological polar surface area (TPSA) is 134 Å². The van der Waals surface area contributed by atoms with Crippen molar-refractivity contribution in [3.8, 4) is 11.8 Å². The summed E-state index contributed by atoms with van der Waals surface area (Å²) in [5.74, 6) is -2.38. The highest BCUT2D eigenvalue weighted by atomic mass is 32.2. The number of esters is 2. The number of halogens is 1. The number of aliphatic hydroxyl groups is 1. The molecule has 0 aliphatic heterocycles. The minimum Gasteiger partial charge on any atom is -0.508 e. The van der Waals surface area contributed by atoms with Gasteiger partial charge in [-0.2, -0.15) is 5.26 Å². The van der Waals surface area contributed by atoms with Gasteiger partial charge < -0.3 is 19.7 Å². The molecule has 0 heterocycles. The standard InChI is InChI=1S/C37H38FNO7S/c1-22-18-30-28-13-15-36(33(44)45-17-16-39,35(28,3)20-31(42)37(30,38)34(2)14-12-26(41)19-29(22)34)46-32(43)24-6-4-23(5-7-24)21-47-27-10-8-25(40)9-11-27/h4-12,14,19,22,28,30-31,40,42H,13,15,17-18,20-21H2,1-3H3/t22-,28?,30?,31?,34?,35?,36-,37-/m0/s1. The molecule has 4 aliphatic carbocycles. The van der Waals surface area contributed by atoms with Crippen molar-refractivity contribution in [3.05, 3.63) is 83.5 Å². The summed E-state index contributed by atoms with van der Waals surface area (Å²) < 4.78 is 29.2. The van der Waals surface area contributed by atoms with Gasteiger partial charge in [-0.25, -0.2) is 14.0 Å². The number of carbonyl (C=O) groups excluding carboxylic acids is 3. The fourth-order valence-corrected chi connectivity index (χ4v) is 9.86. The number of aliphatic hydroxyl groups excluding tert-OH is 1. The van der Waals surface area contributed by atoms with Crippen molar-refractivity contribution in [2.24, 2.45) is 28.6 Å². The lowest BCUT2D eigenvalue weighted by Crippen LogP contribution is -2.70. The highest BCUT2D eigenvalue weighted by Crippen LogP contribution is 2.71. The first-order valence-corrected chi connectivity index (χ1v) is 16.9. The Hall–Kier alpha value is -3.94.